The lowest BCUT2D eigenvalue weighted by atomic mass is 10.2. The van der Waals surface area contributed by atoms with Gasteiger partial charge in [-0.25, -0.2) is 8.42 Å². The van der Waals surface area contributed by atoms with E-state index in [1.807, 2.05) is 19.1 Å². The van der Waals surface area contributed by atoms with Gasteiger partial charge in [-0.15, -0.1) is 0 Å². The maximum atomic E-state index is 12.4. The summed E-state index contributed by atoms with van der Waals surface area (Å²) in [7, 11) is -4.02. The van der Waals surface area contributed by atoms with Crippen LogP contribution in [0.15, 0.2) is 33.7 Å². The third-order valence-corrected chi connectivity index (χ3v) is 5.47. The van der Waals surface area contributed by atoms with E-state index in [0.29, 0.717) is 5.69 Å². The molecule has 2 rings (SSSR count). The Balaban J connectivity index is 1.92. The molecule has 0 fully saturated rings. The molecule has 10 heteroatoms. The van der Waals surface area contributed by atoms with Crippen molar-refractivity contribution < 1.29 is 27.3 Å². The number of carbonyl (C=O) groups is 2. The van der Waals surface area contributed by atoms with E-state index in [-0.39, 0.29) is 16.3 Å². The fourth-order valence-corrected chi connectivity index (χ4v) is 3.88. The molecule has 1 atom stereocenters. The van der Waals surface area contributed by atoms with E-state index in [0.717, 1.165) is 5.56 Å². The number of nitrogens with one attached hydrogen (secondary N) is 2. The molecule has 1 heterocycles. The van der Waals surface area contributed by atoms with Crippen LogP contribution in [0, 0.1) is 20.8 Å². The zero-order valence-electron chi connectivity index (χ0n) is 15.4. The van der Waals surface area contributed by atoms with Crippen LogP contribution in [0.2, 0.25) is 0 Å². The van der Waals surface area contributed by atoms with Crippen molar-refractivity contribution in [3.05, 3.63) is 41.3 Å². The quantitative estimate of drug-likeness (QED) is 0.679. The first-order chi connectivity index (χ1) is 12.6. The highest BCUT2D eigenvalue weighted by atomic mass is 32.2. The second-order valence-corrected chi connectivity index (χ2v) is 7.62. The van der Waals surface area contributed by atoms with Gasteiger partial charge in [-0.1, -0.05) is 23.4 Å². The van der Waals surface area contributed by atoms with E-state index in [1.165, 1.54) is 20.8 Å². The highest BCUT2D eigenvalue weighted by Crippen LogP contribution is 2.19. The number of aromatic nitrogens is 1. The number of ether oxygens (including phenoxy) is 1. The molecule has 0 aliphatic rings. The van der Waals surface area contributed by atoms with Crippen LogP contribution in [0.4, 0.5) is 5.69 Å². The number of carbonyl (C=O) groups excluding carboxylic acids is 2. The Kier molecular flexibility index (Phi) is 6.34. The highest BCUT2D eigenvalue weighted by Gasteiger charge is 2.29. The number of sulfonamides is 1. The zero-order chi connectivity index (χ0) is 20.2. The molecule has 0 radical (unpaired) electrons. The van der Waals surface area contributed by atoms with Gasteiger partial charge in [0.05, 0.1) is 0 Å². The first-order valence-electron chi connectivity index (χ1n) is 8.09. The minimum Gasteiger partial charge on any atom is -0.454 e. The zero-order valence-corrected chi connectivity index (χ0v) is 16.2. The SMILES string of the molecule is Cc1ccccc1NC(=O)COC(=O)[C@H](C)NS(=O)(=O)c1c(C)noc1C. The topological polar surface area (TPSA) is 128 Å². The average molecular weight is 395 g/mol. The molecule has 0 aliphatic carbocycles. The molecule has 0 spiro atoms. The Morgan fingerprint density at radius 3 is 2.48 bits per heavy atom. The van der Waals surface area contributed by atoms with Crippen LogP contribution in [-0.4, -0.2) is 38.1 Å². The molecule has 0 bridgehead atoms. The van der Waals surface area contributed by atoms with Gasteiger partial charge in [0.15, 0.2) is 12.4 Å². The summed E-state index contributed by atoms with van der Waals surface area (Å²) in [6.45, 7) is 5.53. The van der Waals surface area contributed by atoms with Crippen molar-refractivity contribution in [3.63, 3.8) is 0 Å². The van der Waals surface area contributed by atoms with E-state index in [1.54, 1.807) is 12.1 Å². The third-order valence-electron chi connectivity index (χ3n) is 3.69. The van der Waals surface area contributed by atoms with Crippen LogP contribution in [0.3, 0.4) is 0 Å². The lowest BCUT2D eigenvalue weighted by Gasteiger charge is -2.14. The summed E-state index contributed by atoms with van der Waals surface area (Å²) in [5.74, 6) is -1.30. The molecular weight excluding hydrogens is 374 g/mol. The standard InChI is InChI=1S/C17H21N3O6S/c1-10-7-5-6-8-14(10)18-15(21)9-25-17(22)12(3)20-27(23,24)16-11(2)19-26-13(16)4/h5-8,12,20H,9H2,1-4H3,(H,18,21)/t12-/m0/s1. The normalized spacial score (nSPS) is 12.4. The summed E-state index contributed by atoms with van der Waals surface area (Å²) >= 11 is 0. The highest BCUT2D eigenvalue weighted by molar-refractivity contribution is 7.89. The van der Waals surface area contributed by atoms with Crippen molar-refractivity contribution in [1.82, 2.24) is 9.88 Å². The van der Waals surface area contributed by atoms with Crippen LogP contribution >= 0.6 is 0 Å². The van der Waals surface area contributed by atoms with Crippen LogP contribution < -0.4 is 10.0 Å². The molecule has 0 saturated carbocycles. The summed E-state index contributed by atoms with van der Waals surface area (Å²) in [6.07, 6.45) is 0. The number of anilines is 1. The van der Waals surface area contributed by atoms with Crippen LogP contribution in [-0.2, 0) is 24.3 Å². The molecule has 2 aromatic rings. The number of aryl methyl sites for hydroxylation is 3. The van der Waals surface area contributed by atoms with Crippen molar-refractivity contribution in [3.8, 4) is 0 Å². The third kappa shape index (κ3) is 5.14. The van der Waals surface area contributed by atoms with E-state index in [2.05, 4.69) is 15.2 Å². The maximum Gasteiger partial charge on any atom is 0.324 e. The number of rotatable bonds is 7. The van der Waals surface area contributed by atoms with Gasteiger partial charge >= 0.3 is 5.97 Å². The molecule has 1 amide bonds. The summed E-state index contributed by atoms with van der Waals surface area (Å²) in [6, 6.07) is 5.94. The van der Waals surface area contributed by atoms with Crippen molar-refractivity contribution in [2.45, 2.75) is 38.6 Å². The fraction of sp³-hybridized carbons (Fsp3) is 0.353. The van der Waals surface area contributed by atoms with Crippen molar-refractivity contribution in [1.29, 1.82) is 0 Å². The molecule has 0 saturated heterocycles. The first-order valence-corrected chi connectivity index (χ1v) is 9.57. The molecule has 1 aromatic heterocycles. The minimum absolute atomic E-state index is 0.109. The van der Waals surface area contributed by atoms with Crippen LogP contribution in [0.5, 0.6) is 0 Å². The maximum absolute atomic E-state index is 12.4. The number of nitrogens with zero attached hydrogens (tertiary/aromatic N) is 1. The molecule has 27 heavy (non-hydrogen) atoms. The van der Waals surface area contributed by atoms with E-state index < -0.39 is 34.5 Å². The van der Waals surface area contributed by atoms with Gasteiger partial charge in [-0.05, 0) is 39.3 Å². The van der Waals surface area contributed by atoms with Gasteiger partial charge in [0.2, 0.25) is 10.0 Å². The van der Waals surface area contributed by atoms with Gasteiger partial charge in [0.25, 0.3) is 5.91 Å². The minimum atomic E-state index is -4.02. The van der Waals surface area contributed by atoms with E-state index >= 15 is 0 Å². The smallest absolute Gasteiger partial charge is 0.324 e. The lowest BCUT2D eigenvalue weighted by Crippen LogP contribution is -2.40. The van der Waals surface area contributed by atoms with Gasteiger partial charge < -0.3 is 14.6 Å². The largest absolute Gasteiger partial charge is 0.454 e. The Hall–Kier alpha value is -2.72. The molecule has 0 aliphatic heterocycles. The average Bonchev–Trinajstić information content (AvgIpc) is 2.93. The number of amides is 1. The van der Waals surface area contributed by atoms with Crippen LogP contribution in [0.1, 0.15) is 23.9 Å². The van der Waals surface area contributed by atoms with Crippen LogP contribution in [0.25, 0.3) is 0 Å². The summed E-state index contributed by atoms with van der Waals surface area (Å²) in [5.41, 5.74) is 1.64. The number of esters is 1. The Labute approximate surface area is 157 Å². The summed E-state index contributed by atoms with van der Waals surface area (Å²) in [4.78, 5) is 23.8. The number of hydrogen-bond donors (Lipinski definition) is 2. The predicted octanol–water partition coefficient (Wildman–Crippen LogP) is 1.45. The Morgan fingerprint density at radius 2 is 1.89 bits per heavy atom. The molecule has 0 unspecified atom stereocenters. The monoisotopic (exact) mass is 395 g/mol. The number of benzene rings is 1. The van der Waals surface area contributed by atoms with Gasteiger partial charge in [-0.3, -0.25) is 9.59 Å². The van der Waals surface area contributed by atoms with E-state index in [9.17, 15) is 18.0 Å². The summed E-state index contributed by atoms with van der Waals surface area (Å²) < 4.78 is 36.6. The number of hydrogen-bond acceptors (Lipinski definition) is 7. The van der Waals surface area contributed by atoms with Gasteiger partial charge in [-0.2, -0.15) is 4.72 Å². The fourth-order valence-electron chi connectivity index (χ4n) is 2.36. The summed E-state index contributed by atoms with van der Waals surface area (Å²) in [5, 5.41) is 6.19. The van der Waals surface area contributed by atoms with Crippen molar-refractivity contribution in [2.24, 2.45) is 0 Å². The second kappa shape index (κ2) is 8.31. The first kappa shape index (κ1) is 20.6. The second-order valence-electron chi connectivity index (χ2n) is 5.97. The predicted molar refractivity (Wildman–Crippen MR) is 96.5 cm³/mol. The molecule has 9 nitrogen and oxygen atoms in total. The Bertz CT molecular complexity index is 932. The lowest BCUT2D eigenvalue weighted by molar-refractivity contribution is -0.148. The van der Waals surface area contributed by atoms with Crippen molar-refractivity contribution >= 4 is 27.6 Å². The van der Waals surface area contributed by atoms with E-state index in [4.69, 9.17) is 9.26 Å². The molecular formula is C17H21N3O6S. The van der Waals surface area contributed by atoms with Crippen molar-refractivity contribution in [2.75, 3.05) is 11.9 Å². The van der Waals surface area contributed by atoms with Gasteiger partial charge in [0.1, 0.15) is 16.6 Å². The molecule has 1 aromatic carbocycles. The van der Waals surface area contributed by atoms with Gasteiger partial charge in [0, 0.05) is 5.69 Å². The molecule has 2 N–H and O–H groups in total. The number of para-hydroxylation sites is 1. The molecule has 146 valence electrons. The Morgan fingerprint density at radius 1 is 1.22 bits per heavy atom.